The van der Waals surface area contributed by atoms with E-state index in [0.29, 0.717) is 0 Å². The van der Waals surface area contributed by atoms with Crippen LogP contribution in [0.1, 0.15) is 0 Å². The molecule has 0 aromatic heterocycles. The number of hydrogen-bond acceptors (Lipinski definition) is 3. The lowest BCUT2D eigenvalue weighted by Crippen LogP contribution is -2.35. The van der Waals surface area contributed by atoms with Crippen LogP contribution in [-0.2, 0) is 15.1 Å². The fourth-order valence-electron chi connectivity index (χ4n) is 0.0985. The number of carbonyl (C=O) groups is 1. The van der Waals surface area contributed by atoms with Gasteiger partial charge < -0.3 is 0 Å². The van der Waals surface area contributed by atoms with Crippen molar-refractivity contribution in [2.24, 2.45) is 0 Å². The van der Waals surface area contributed by atoms with Crippen molar-refractivity contribution in [3.05, 3.63) is 0 Å². The normalized spacial score (nSPS) is 10.6. The lowest BCUT2D eigenvalue weighted by Gasteiger charge is -1.92. The number of hydrogen-bond donors (Lipinski definition) is 3. The Morgan fingerprint density at radius 1 is 1.50 bits per heavy atom. The average molecular weight is 140 g/mol. The van der Waals surface area contributed by atoms with Crippen LogP contribution in [0, 0.1) is 0 Å². The van der Waals surface area contributed by atoms with E-state index in [1.54, 1.807) is 0 Å². The summed E-state index contributed by atoms with van der Waals surface area (Å²) in [6.07, 6.45) is 0.0772. The topological polar surface area (TPSA) is 95.5 Å². The lowest BCUT2D eigenvalue weighted by molar-refractivity contribution is -0.110. The van der Waals surface area contributed by atoms with Crippen LogP contribution in [0.15, 0.2) is 0 Å². The number of rotatable bonds is 3. The van der Waals surface area contributed by atoms with Gasteiger partial charge >= 0.3 is 10.3 Å². The molecule has 0 atom stereocenters. The van der Waals surface area contributed by atoms with Crippen molar-refractivity contribution in [3.63, 3.8) is 0 Å². The predicted molar refractivity (Wildman–Crippen MR) is 23.9 cm³/mol. The van der Waals surface area contributed by atoms with Gasteiger partial charge in [-0.15, -0.1) is 4.83 Å². The molecule has 0 aromatic carbocycles. The van der Waals surface area contributed by atoms with Gasteiger partial charge in [0.2, 0.25) is 6.41 Å². The summed E-state index contributed by atoms with van der Waals surface area (Å²) in [7, 11) is -4.28. The van der Waals surface area contributed by atoms with Gasteiger partial charge in [0.05, 0.1) is 0 Å². The van der Waals surface area contributed by atoms with E-state index in [4.69, 9.17) is 4.55 Å². The number of nitrogens with one attached hydrogen (secondary N) is 2. The molecule has 0 saturated heterocycles. The molecular weight excluding hydrogens is 136 g/mol. The molecule has 8 heavy (non-hydrogen) atoms. The van der Waals surface area contributed by atoms with Crippen LogP contribution in [0.3, 0.4) is 0 Å². The highest BCUT2D eigenvalue weighted by molar-refractivity contribution is 7.83. The van der Waals surface area contributed by atoms with E-state index >= 15 is 0 Å². The van der Waals surface area contributed by atoms with Gasteiger partial charge in [0.25, 0.3) is 0 Å². The van der Waals surface area contributed by atoms with Crippen LogP contribution >= 0.6 is 0 Å². The monoisotopic (exact) mass is 140 g/mol. The molecule has 1 amide bonds. The highest BCUT2D eigenvalue weighted by Gasteiger charge is 1.96. The first kappa shape index (κ1) is 7.34. The minimum Gasteiger partial charge on any atom is -0.279 e. The molecule has 0 saturated carbocycles. The number of amides is 1. The average Bonchev–Trinajstić information content (AvgIpc) is 1.59. The lowest BCUT2D eigenvalue weighted by atomic mass is 11.4. The summed E-state index contributed by atoms with van der Waals surface area (Å²) >= 11 is 0. The van der Waals surface area contributed by atoms with Crippen LogP contribution in [0.25, 0.3) is 0 Å². The first-order valence-corrected chi connectivity index (χ1v) is 2.93. The van der Waals surface area contributed by atoms with Gasteiger partial charge in [0.1, 0.15) is 0 Å². The second kappa shape index (κ2) is 2.60. The van der Waals surface area contributed by atoms with Crippen LogP contribution in [0.5, 0.6) is 0 Å². The SMILES string of the molecule is O=CNNS(=O)(=O)O. The van der Waals surface area contributed by atoms with E-state index in [0.717, 1.165) is 0 Å². The largest absolute Gasteiger partial charge is 0.350 e. The Hall–Kier alpha value is -0.660. The third-order valence-electron chi connectivity index (χ3n) is 0.247. The minimum absolute atomic E-state index is 0.0772. The van der Waals surface area contributed by atoms with Crippen molar-refractivity contribution in [2.75, 3.05) is 0 Å². The standard InChI is InChI=1S/CH4N2O4S/c4-1-2-3-8(5,6)7/h1,3H,(H,2,4)(H,5,6,7). The van der Waals surface area contributed by atoms with Crippen LogP contribution in [-0.4, -0.2) is 19.4 Å². The van der Waals surface area contributed by atoms with Gasteiger partial charge in [0.15, 0.2) is 0 Å². The summed E-state index contributed by atoms with van der Waals surface area (Å²) in [4.78, 5) is 10.6. The van der Waals surface area contributed by atoms with Gasteiger partial charge in [-0.05, 0) is 0 Å². The summed E-state index contributed by atoms with van der Waals surface area (Å²) in [5.41, 5.74) is 1.52. The quantitative estimate of drug-likeness (QED) is 0.241. The fraction of sp³-hybridized carbons (Fsp3) is 0. The number of carbonyl (C=O) groups excluding carboxylic acids is 1. The molecule has 0 bridgehead atoms. The summed E-state index contributed by atoms with van der Waals surface area (Å²) in [5, 5.41) is 0. The first-order valence-electron chi connectivity index (χ1n) is 1.49. The zero-order valence-corrected chi connectivity index (χ0v) is 4.47. The van der Waals surface area contributed by atoms with E-state index in [1.165, 1.54) is 10.3 Å². The molecule has 0 rings (SSSR count). The Balaban J connectivity index is 3.57. The van der Waals surface area contributed by atoms with Crippen LogP contribution in [0.4, 0.5) is 0 Å². The van der Waals surface area contributed by atoms with Gasteiger partial charge in [0, 0.05) is 0 Å². The maximum Gasteiger partial charge on any atom is 0.350 e. The van der Waals surface area contributed by atoms with Crippen LogP contribution < -0.4 is 10.3 Å². The Bertz CT molecular complexity index is 159. The van der Waals surface area contributed by atoms with E-state index in [-0.39, 0.29) is 6.41 Å². The molecule has 48 valence electrons. The molecule has 0 fully saturated rings. The predicted octanol–water partition coefficient (Wildman–Crippen LogP) is -1.96. The van der Waals surface area contributed by atoms with Crippen molar-refractivity contribution in [1.29, 1.82) is 0 Å². The molecule has 0 aromatic rings. The van der Waals surface area contributed by atoms with Crippen LogP contribution in [0.2, 0.25) is 0 Å². The molecule has 6 nitrogen and oxygen atoms in total. The van der Waals surface area contributed by atoms with Crippen molar-refractivity contribution >= 4 is 16.7 Å². The molecule has 0 spiro atoms. The summed E-state index contributed by atoms with van der Waals surface area (Å²) in [5.74, 6) is 0. The van der Waals surface area contributed by atoms with Crippen molar-refractivity contribution < 1.29 is 17.8 Å². The molecule has 0 aliphatic carbocycles. The first-order chi connectivity index (χ1) is 3.56. The van der Waals surface area contributed by atoms with Crippen molar-refractivity contribution in [3.8, 4) is 0 Å². The summed E-state index contributed by atoms with van der Waals surface area (Å²) in [6, 6.07) is 0. The van der Waals surface area contributed by atoms with Crippen molar-refractivity contribution in [2.45, 2.75) is 0 Å². The van der Waals surface area contributed by atoms with Gasteiger partial charge in [-0.25, -0.2) is 0 Å². The third-order valence-corrected chi connectivity index (χ3v) is 0.623. The third kappa shape index (κ3) is 5.34. The van der Waals surface area contributed by atoms with Gasteiger partial charge in [-0.3, -0.25) is 14.8 Å². The van der Waals surface area contributed by atoms with Gasteiger partial charge in [-0.2, -0.15) is 8.42 Å². The Kier molecular flexibility index (Phi) is 2.38. The molecular formula is CH4N2O4S. The molecule has 0 heterocycles. The van der Waals surface area contributed by atoms with E-state index in [2.05, 4.69) is 0 Å². The summed E-state index contributed by atoms with van der Waals surface area (Å²) in [6.45, 7) is 0. The fourth-order valence-corrected chi connectivity index (χ4v) is 0.296. The zero-order valence-electron chi connectivity index (χ0n) is 3.66. The second-order valence-corrected chi connectivity index (χ2v) is 1.99. The minimum atomic E-state index is -4.28. The van der Waals surface area contributed by atoms with E-state index < -0.39 is 10.3 Å². The molecule has 0 aliphatic rings. The summed E-state index contributed by atoms with van der Waals surface area (Å²) < 4.78 is 27.0. The Morgan fingerprint density at radius 3 is 2.12 bits per heavy atom. The maximum absolute atomic E-state index is 9.61. The second-order valence-electron chi connectivity index (χ2n) is 0.839. The van der Waals surface area contributed by atoms with Crippen molar-refractivity contribution in [1.82, 2.24) is 10.3 Å². The molecule has 0 radical (unpaired) electrons. The Labute approximate surface area is 45.7 Å². The highest BCUT2D eigenvalue weighted by atomic mass is 32.2. The molecule has 0 aliphatic heterocycles. The zero-order chi connectivity index (χ0) is 6.62. The molecule has 7 heteroatoms. The van der Waals surface area contributed by atoms with Gasteiger partial charge in [-0.1, -0.05) is 0 Å². The highest BCUT2D eigenvalue weighted by Crippen LogP contribution is 1.62. The Morgan fingerprint density at radius 2 is 2.00 bits per heavy atom. The molecule has 0 unspecified atom stereocenters. The van der Waals surface area contributed by atoms with E-state index in [9.17, 15) is 13.2 Å². The maximum atomic E-state index is 9.61. The molecule has 3 N–H and O–H groups in total. The smallest absolute Gasteiger partial charge is 0.279 e. The number of hydrazine groups is 1. The van der Waals surface area contributed by atoms with E-state index in [1.807, 2.05) is 0 Å².